The summed E-state index contributed by atoms with van der Waals surface area (Å²) in [4.78, 5) is 28.0. The number of carbonyl (C=O) groups excluding carboxylic acids is 2. The van der Waals surface area contributed by atoms with E-state index in [0.29, 0.717) is 7.76 Å². The Labute approximate surface area is 242 Å². The number of carbonyl (C=O) groups is 2. The van der Waals surface area contributed by atoms with Crippen LogP contribution in [0.5, 0.6) is 0 Å². The van der Waals surface area contributed by atoms with Gasteiger partial charge in [-0.05, 0) is 0 Å². The monoisotopic (exact) mass is 602 g/mol. The molecule has 0 spiro atoms. The van der Waals surface area contributed by atoms with Crippen molar-refractivity contribution in [2.24, 2.45) is 0 Å². The van der Waals surface area contributed by atoms with Crippen molar-refractivity contribution in [1.82, 2.24) is 0 Å². The molecule has 0 bridgehead atoms. The van der Waals surface area contributed by atoms with Crippen LogP contribution in [0.2, 0.25) is 0 Å². The van der Waals surface area contributed by atoms with Crippen LogP contribution < -0.4 is 17.5 Å². The van der Waals surface area contributed by atoms with Crippen molar-refractivity contribution >= 4 is 30.9 Å². The van der Waals surface area contributed by atoms with Crippen LogP contribution in [0.25, 0.3) is 0 Å². The van der Waals surface area contributed by atoms with Crippen LogP contribution in [-0.2, 0) is 26.2 Å². The van der Waals surface area contributed by atoms with E-state index >= 15 is 17.6 Å². The van der Waals surface area contributed by atoms with Gasteiger partial charge in [0, 0.05) is 0 Å². The minimum absolute atomic E-state index is 0.0975. The van der Waals surface area contributed by atoms with Gasteiger partial charge in [0.25, 0.3) is 0 Å². The molecule has 2 aromatic rings. The molecule has 2 amide bonds. The Balaban J connectivity index is 2.18. The number of benzene rings is 2. The Morgan fingerprint density at radius 1 is 0.683 bits per heavy atom. The van der Waals surface area contributed by atoms with Gasteiger partial charge in [0.1, 0.15) is 0 Å². The predicted octanol–water partition coefficient (Wildman–Crippen LogP) is 6.56. The molecule has 0 saturated heterocycles. The molecule has 0 N–H and O–H groups in total. The molecule has 2 aliphatic rings. The first-order chi connectivity index (χ1) is 19.7. The third-order valence-corrected chi connectivity index (χ3v) is 15.8. The summed E-state index contributed by atoms with van der Waals surface area (Å²) in [5.41, 5.74) is -0.255. The van der Waals surface area contributed by atoms with E-state index in [1.165, 1.54) is 21.9 Å². The first-order valence-electron chi connectivity index (χ1n) is 14.0. The van der Waals surface area contributed by atoms with Gasteiger partial charge in [-0.25, -0.2) is 0 Å². The van der Waals surface area contributed by atoms with Gasteiger partial charge >= 0.3 is 243 Å². The zero-order chi connectivity index (χ0) is 29.9. The van der Waals surface area contributed by atoms with Crippen molar-refractivity contribution in [2.45, 2.75) is 53.4 Å². The predicted molar refractivity (Wildman–Crippen MR) is 152 cm³/mol. The second-order valence-electron chi connectivity index (χ2n) is 9.89. The topological polar surface area (TPSA) is 40.6 Å². The van der Waals surface area contributed by atoms with Crippen molar-refractivity contribution in [1.29, 1.82) is 0 Å². The van der Waals surface area contributed by atoms with Gasteiger partial charge in [0.2, 0.25) is 0 Å². The van der Waals surface area contributed by atoms with E-state index in [1.807, 2.05) is 0 Å². The summed E-state index contributed by atoms with van der Waals surface area (Å²) in [5.74, 6) is -4.55. The maximum atomic E-state index is 16.9. The van der Waals surface area contributed by atoms with Crippen molar-refractivity contribution in [3.05, 3.63) is 91.7 Å². The molecule has 4 rings (SSSR count). The SMILES string of the molecule is CCC(=O)N(CC)c1ccc(F)[c]([Ti]([C]2=CC=CC2)([C]2=CC=CC2)[c]2c(F)ccc(N(CC)C(=O)CC)c2F)c1F. The Morgan fingerprint density at radius 2 is 1.07 bits per heavy atom. The molecule has 2 aliphatic carbocycles. The van der Waals surface area contributed by atoms with E-state index in [9.17, 15) is 9.59 Å². The Kier molecular flexibility index (Phi) is 9.55. The fraction of sp³-hybridized carbons (Fsp3) is 0.312. The maximum absolute atomic E-state index is 16.9. The number of amides is 2. The van der Waals surface area contributed by atoms with Gasteiger partial charge in [0.15, 0.2) is 0 Å². The Bertz CT molecular complexity index is 1380. The van der Waals surface area contributed by atoms with Crippen LogP contribution in [0.1, 0.15) is 53.4 Å². The molecule has 216 valence electrons. The summed E-state index contributed by atoms with van der Waals surface area (Å²) in [6.07, 6.45) is 11.2. The molecular formula is C32H34F4N2O2Ti. The molecular weight excluding hydrogens is 568 g/mol. The quantitative estimate of drug-likeness (QED) is 0.228. The summed E-state index contributed by atoms with van der Waals surface area (Å²) in [7, 11) is 0. The van der Waals surface area contributed by atoms with E-state index in [2.05, 4.69) is 0 Å². The minimum atomic E-state index is -5.10. The molecule has 0 radical (unpaired) electrons. The van der Waals surface area contributed by atoms with Gasteiger partial charge in [-0.1, -0.05) is 0 Å². The van der Waals surface area contributed by atoms with Gasteiger partial charge in [0.05, 0.1) is 0 Å². The van der Waals surface area contributed by atoms with Crippen LogP contribution in [-0.4, -0.2) is 24.9 Å². The fourth-order valence-electron chi connectivity index (χ4n) is 5.96. The van der Waals surface area contributed by atoms with E-state index < -0.39 is 39.9 Å². The van der Waals surface area contributed by atoms with Crippen LogP contribution >= 0.6 is 0 Å². The van der Waals surface area contributed by atoms with Crippen LogP contribution in [0.4, 0.5) is 28.9 Å². The molecule has 0 saturated carbocycles. The van der Waals surface area contributed by atoms with E-state index in [-0.39, 0.29) is 69.7 Å². The molecule has 9 heteroatoms. The number of allylic oxidation sites excluding steroid dienone is 8. The molecule has 2 aromatic carbocycles. The normalized spacial score (nSPS) is 14.3. The van der Waals surface area contributed by atoms with Gasteiger partial charge in [-0.2, -0.15) is 0 Å². The number of hydrogen-bond acceptors (Lipinski definition) is 2. The third-order valence-electron chi connectivity index (χ3n) is 7.82. The van der Waals surface area contributed by atoms with Crippen LogP contribution in [0.3, 0.4) is 0 Å². The standard InChI is InChI=1S/2C11H12F2NO.2C5H5.Ti/c2*1-3-11(15)14(4-2)10-6-5-8(12)7-9(10)13;2*1-2-4-5-3-1;/h2*5-6H,3-4H2,1-2H3;2*1-3H,4H2;. The van der Waals surface area contributed by atoms with Gasteiger partial charge < -0.3 is 0 Å². The van der Waals surface area contributed by atoms with E-state index in [1.54, 1.807) is 64.2 Å². The second kappa shape index (κ2) is 12.7. The van der Waals surface area contributed by atoms with E-state index in [0.717, 1.165) is 12.1 Å². The first kappa shape index (κ1) is 30.7. The van der Waals surface area contributed by atoms with Crippen LogP contribution in [0.15, 0.2) is 68.5 Å². The third kappa shape index (κ3) is 5.17. The fourth-order valence-corrected chi connectivity index (χ4v) is 14.2. The molecule has 0 aliphatic heterocycles. The molecule has 0 atom stereocenters. The number of halogens is 4. The Morgan fingerprint density at radius 3 is 1.37 bits per heavy atom. The summed E-state index contributed by atoms with van der Waals surface area (Å²) in [6.45, 7) is 6.92. The molecule has 0 fully saturated rings. The van der Waals surface area contributed by atoms with Crippen molar-refractivity contribution in [2.75, 3.05) is 22.9 Å². The number of nitrogens with zero attached hydrogens (tertiary/aromatic N) is 2. The number of anilines is 2. The summed E-state index contributed by atoms with van der Waals surface area (Å²) in [5, 5.41) is 0. The zero-order valence-corrected chi connectivity index (χ0v) is 25.3. The summed E-state index contributed by atoms with van der Waals surface area (Å²) < 4.78 is 66.7. The summed E-state index contributed by atoms with van der Waals surface area (Å²) >= 11 is -5.10. The zero-order valence-electron chi connectivity index (χ0n) is 23.7. The van der Waals surface area contributed by atoms with Gasteiger partial charge in [-0.3, -0.25) is 0 Å². The van der Waals surface area contributed by atoms with E-state index in [4.69, 9.17) is 0 Å². The van der Waals surface area contributed by atoms with Gasteiger partial charge in [-0.15, -0.1) is 0 Å². The number of rotatable bonds is 10. The van der Waals surface area contributed by atoms with Crippen molar-refractivity contribution < 1.29 is 43.7 Å². The molecule has 0 unspecified atom stereocenters. The van der Waals surface area contributed by atoms with Crippen molar-refractivity contribution in [3.63, 3.8) is 0 Å². The summed E-state index contributed by atoms with van der Waals surface area (Å²) in [6, 6.07) is 4.60. The molecule has 4 nitrogen and oxygen atoms in total. The Hall–Kier alpha value is -3.23. The second-order valence-corrected chi connectivity index (χ2v) is 15.8. The van der Waals surface area contributed by atoms with Crippen molar-refractivity contribution in [3.8, 4) is 0 Å². The first-order valence-corrected chi connectivity index (χ1v) is 17.1. The average molecular weight is 602 g/mol. The average Bonchev–Trinajstić information content (AvgIpc) is 3.70. The molecule has 41 heavy (non-hydrogen) atoms. The molecule has 0 heterocycles. The molecule has 0 aromatic heterocycles. The van der Waals surface area contributed by atoms with Crippen LogP contribution in [0, 0.1) is 23.3 Å². The number of hydrogen-bond donors (Lipinski definition) is 0.